The summed E-state index contributed by atoms with van der Waals surface area (Å²) in [5.41, 5.74) is 0. The van der Waals surface area contributed by atoms with E-state index in [1.165, 1.54) is 13.0 Å². The largest absolute Gasteiger partial charge is 0.300 e. The van der Waals surface area contributed by atoms with Gasteiger partial charge in [0.2, 0.25) is 0 Å². The van der Waals surface area contributed by atoms with Gasteiger partial charge in [0.05, 0.1) is 0 Å². The van der Waals surface area contributed by atoms with E-state index < -0.39 is 0 Å². The van der Waals surface area contributed by atoms with Crippen LogP contribution in [0.2, 0.25) is 0 Å². The number of hydrogen-bond acceptors (Lipinski definition) is 3. The van der Waals surface area contributed by atoms with Crippen molar-refractivity contribution in [3.63, 3.8) is 0 Å². The molecule has 1 aromatic heterocycles. The number of carbonyl (C=O) groups excluding carboxylic acids is 2. The quantitative estimate of drug-likeness (QED) is 0.697. The van der Waals surface area contributed by atoms with Crippen molar-refractivity contribution < 1.29 is 9.59 Å². The molecule has 0 atom stereocenters. The summed E-state index contributed by atoms with van der Waals surface area (Å²) >= 11 is 1.58. The predicted octanol–water partition coefficient (Wildman–Crippen LogP) is 2.70. The fourth-order valence-electron chi connectivity index (χ4n) is 0.944. The summed E-state index contributed by atoms with van der Waals surface area (Å²) in [5, 5.41) is 1.96. The highest BCUT2D eigenvalue weighted by Crippen LogP contribution is 2.10. The Morgan fingerprint density at radius 2 is 2.21 bits per heavy atom. The van der Waals surface area contributed by atoms with Gasteiger partial charge in [0.1, 0.15) is 5.78 Å². The van der Waals surface area contributed by atoms with Crippen molar-refractivity contribution >= 4 is 29.0 Å². The van der Waals surface area contributed by atoms with Crippen LogP contribution in [0.15, 0.2) is 23.6 Å². The number of thiophene rings is 1. The van der Waals surface area contributed by atoms with Crippen LogP contribution in [-0.4, -0.2) is 11.6 Å². The first-order valence-electron chi connectivity index (χ1n) is 4.42. The van der Waals surface area contributed by atoms with Crippen molar-refractivity contribution in [1.29, 1.82) is 0 Å². The molecule has 0 unspecified atom stereocenters. The topological polar surface area (TPSA) is 34.1 Å². The summed E-state index contributed by atoms with van der Waals surface area (Å²) in [6.07, 6.45) is 3.98. The van der Waals surface area contributed by atoms with Crippen LogP contribution in [0.3, 0.4) is 0 Å². The molecule has 0 aliphatic carbocycles. The summed E-state index contributed by atoms with van der Waals surface area (Å²) in [6, 6.07) is 3.88. The highest BCUT2D eigenvalue weighted by molar-refractivity contribution is 7.10. The van der Waals surface area contributed by atoms with Gasteiger partial charge in [-0.1, -0.05) is 6.07 Å². The molecular weight excluding hydrogens is 196 g/mol. The smallest absolute Gasteiger partial charge is 0.156 e. The van der Waals surface area contributed by atoms with Crippen molar-refractivity contribution in [1.82, 2.24) is 0 Å². The van der Waals surface area contributed by atoms with E-state index in [0.717, 1.165) is 4.88 Å². The van der Waals surface area contributed by atoms with Crippen LogP contribution in [0.5, 0.6) is 0 Å². The Labute approximate surface area is 87.3 Å². The number of hydrogen-bond donors (Lipinski definition) is 0. The molecule has 0 saturated carbocycles. The van der Waals surface area contributed by atoms with Crippen LogP contribution in [0, 0.1) is 0 Å². The maximum atomic E-state index is 11.2. The molecule has 0 amide bonds. The van der Waals surface area contributed by atoms with E-state index in [0.29, 0.717) is 12.8 Å². The van der Waals surface area contributed by atoms with E-state index >= 15 is 0 Å². The second kappa shape index (κ2) is 5.50. The van der Waals surface area contributed by atoms with Crippen molar-refractivity contribution in [2.24, 2.45) is 0 Å². The third-order valence-corrected chi connectivity index (χ3v) is 2.54. The molecule has 14 heavy (non-hydrogen) atoms. The predicted molar refractivity (Wildman–Crippen MR) is 58.3 cm³/mol. The standard InChI is InChI=1S/C11H12O2S/c1-9(12)4-5-10(13)6-7-11-3-2-8-14-11/h2-3,6-8H,4-5H2,1H3/b7-6+. The highest BCUT2D eigenvalue weighted by atomic mass is 32.1. The second-order valence-electron chi connectivity index (χ2n) is 3.02. The summed E-state index contributed by atoms with van der Waals surface area (Å²) < 4.78 is 0. The van der Waals surface area contributed by atoms with Gasteiger partial charge in [-0.25, -0.2) is 0 Å². The molecule has 2 nitrogen and oxygen atoms in total. The van der Waals surface area contributed by atoms with Gasteiger partial charge in [0, 0.05) is 17.7 Å². The first-order chi connectivity index (χ1) is 6.68. The van der Waals surface area contributed by atoms with Gasteiger partial charge in [0.25, 0.3) is 0 Å². The number of rotatable bonds is 5. The Morgan fingerprint density at radius 1 is 1.43 bits per heavy atom. The van der Waals surface area contributed by atoms with Gasteiger partial charge in [-0.2, -0.15) is 0 Å². The molecule has 0 N–H and O–H groups in total. The highest BCUT2D eigenvalue weighted by Gasteiger charge is 1.99. The summed E-state index contributed by atoms with van der Waals surface area (Å²) in [6.45, 7) is 1.50. The molecule has 0 aliphatic heterocycles. The molecular formula is C11H12O2S. The van der Waals surface area contributed by atoms with Crippen LogP contribution in [-0.2, 0) is 9.59 Å². The maximum Gasteiger partial charge on any atom is 0.156 e. The molecule has 0 fully saturated rings. The van der Waals surface area contributed by atoms with Gasteiger partial charge in [-0.05, 0) is 30.5 Å². The average Bonchev–Trinajstić information content (AvgIpc) is 2.63. The fraction of sp³-hybridized carbons (Fsp3) is 0.273. The number of Topliss-reactive ketones (excluding diaryl/α,β-unsaturated/α-hetero) is 1. The second-order valence-corrected chi connectivity index (χ2v) is 4.00. The zero-order chi connectivity index (χ0) is 10.4. The van der Waals surface area contributed by atoms with E-state index in [1.807, 2.05) is 17.5 Å². The lowest BCUT2D eigenvalue weighted by molar-refractivity contribution is -0.120. The van der Waals surface area contributed by atoms with Gasteiger partial charge in [-0.15, -0.1) is 11.3 Å². The molecule has 74 valence electrons. The Hall–Kier alpha value is -1.22. The minimum Gasteiger partial charge on any atom is -0.300 e. The molecule has 0 spiro atoms. The number of carbonyl (C=O) groups is 2. The molecule has 0 radical (unpaired) electrons. The van der Waals surface area contributed by atoms with Crippen molar-refractivity contribution in [3.05, 3.63) is 28.5 Å². The van der Waals surface area contributed by atoms with Crippen molar-refractivity contribution in [2.45, 2.75) is 19.8 Å². The van der Waals surface area contributed by atoms with E-state index in [4.69, 9.17) is 0 Å². The van der Waals surface area contributed by atoms with E-state index in [-0.39, 0.29) is 11.6 Å². The van der Waals surface area contributed by atoms with Crippen LogP contribution in [0.4, 0.5) is 0 Å². The lowest BCUT2D eigenvalue weighted by Gasteiger charge is -1.90. The van der Waals surface area contributed by atoms with Crippen LogP contribution >= 0.6 is 11.3 Å². The minimum absolute atomic E-state index is 0.00796. The van der Waals surface area contributed by atoms with E-state index in [9.17, 15) is 9.59 Å². The van der Waals surface area contributed by atoms with Crippen LogP contribution in [0.1, 0.15) is 24.6 Å². The Balaban J connectivity index is 2.37. The molecule has 0 saturated heterocycles. The summed E-state index contributed by atoms with van der Waals surface area (Å²) in [7, 11) is 0. The normalized spacial score (nSPS) is 10.6. The van der Waals surface area contributed by atoms with Crippen LogP contribution < -0.4 is 0 Å². The molecule has 0 aliphatic rings. The van der Waals surface area contributed by atoms with Crippen molar-refractivity contribution in [2.75, 3.05) is 0 Å². The van der Waals surface area contributed by atoms with Crippen LogP contribution in [0.25, 0.3) is 6.08 Å². The Morgan fingerprint density at radius 3 is 2.79 bits per heavy atom. The van der Waals surface area contributed by atoms with Gasteiger partial charge >= 0.3 is 0 Å². The first-order valence-corrected chi connectivity index (χ1v) is 5.30. The fourth-order valence-corrected chi connectivity index (χ4v) is 1.56. The lowest BCUT2D eigenvalue weighted by Crippen LogP contribution is -1.97. The molecule has 1 heterocycles. The third kappa shape index (κ3) is 4.14. The summed E-state index contributed by atoms with van der Waals surface area (Å²) in [4.78, 5) is 22.9. The Bertz CT molecular complexity index is 336. The average molecular weight is 208 g/mol. The van der Waals surface area contributed by atoms with Gasteiger partial charge in [0.15, 0.2) is 5.78 Å². The van der Waals surface area contributed by atoms with Gasteiger partial charge in [-0.3, -0.25) is 4.79 Å². The monoisotopic (exact) mass is 208 g/mol. The number of allylic oxidation sites excluding steroid dienone is 1. The molecule has 1 aromatic rings. The Kier molecular flexibility index (Phi) is 4.26. The molecule has 0 bridgehead atoms. The maximum absolute atomic E-state index is 11.2. The van der Waals surface area contributed by atoms with Gasteiger partial charge < -0.3 is 4.79 Å². The van der Waals surface area contributed by atoms with E-state index in [1.54, 1.807) is 17.4 Å². The zero-order valence-electron chi connectivity index (χ0n) is 8.03. The molecule has 1 rings (SSSR count). The zero-order valence-corrected chi connectivity index (χ0v) is 8.84. The number of ketones is 2. The molecule has 0 aromatic carbocycles. The van der Waals surface area contributed by atoms with Crippen molar-refractivity contribution in [3.8, 4) is 0 Å². The lowest BCUT2D eigenvalue weighted by atomic mass is 10.1. The minimum atomic E-state index is 0.00796. The SMILES string of the molecule is CC(=O)CCC(=O)/C=C/c1cccs1. The third-order valence-electron chi connectivity index (χ3n) is 1.70. The molecule has 3 heteroatoms. The summed E-state index contributed by atoms with van der Waals surface area (Å²) in [5.74, 6) is 0.0662. The first kappa shape index (κ1) is 10.9. The van der Waals surface area contributed by atoms with E-state index in [2.05, 4.69) is 0 Å².